The van der Waals surface area contributed by atoms with Crippen LogP contribution < -0.4 is 4.90 Å². The van der Waals surface area contributed by atoms with Crippen LogP contribution in [0.15, 0.2) is 77.7 Å². The Hall–Kier alpha value is -3.37. The monoisotopic (exact) mass is 486 g/mol. The van der Waals surface area contributed by atoms with Crippen molar-refractivity contribution < 1.29 is 21.6 Å². The van der Waals surface area contributed by atoms with Crippen LogP contribution in [-0.2, 0) is 16.2 Å². The van der Waals surface area contributed by atoms with E-state index < -0.39 is 21.8 Å². The van der Waals surface area contributed by atoms with Crippen molar-refractivity contribution in [2.75, 3.05) is 31.1 Å². The number of piperazine rings is 1. The minimum Gasteiger partial charge on any atom is -0.369 e. The molecule has 6 nitrogen and oxygen atoms in total. The van der Waals surface area contributed by atoms with Gasteiger partial charge in [-0.15, -0.1) is 0 Å². The number of fused-ring (bicyclic) bond motifs is 1. The number of hydrogen-bond donors (Lipinski definition) is 1. The average Bonchev–Trinajstić information content (AvgIpc) is 3.28. The summed E-state index contributed by atoms with van der Waals surface area (Å²) in [4.78, 5) is 9.63. The first-order valence-electron chi connectivity index (χ1n) is 10.7. The molecule has 1 fully saturated rings. The van der Waals surface area contributed by atoms with Crippen molar-refractivity contribution in [3.63, 3.8) is 0 Å². The number of nitrogens with zero attached hydrogens (tertiary/aromatic N) is 3. The number of halogens is 3. The van der Waals surface area contributed by atoms with E-state index in [4.69, 9.17) is 0 Å². The number of imidazole rings is 1. The highest BCUT2D eigenvalue weighted by Crippen LogP contribution is 2.32. The van der Waals surface area contributed by atoms with E-state index in [1.165, 1.54) is 16.4 Å². The first-order valence-corrected chi connectivity index (χ1v) is 12.1. The molecule has 0 saturated carbocycles. The second-order valence-electron chi connectivity index (χ2n) is 8.07. The Morgan fingerprint density at radius 1 is 0.853 bits per heavy atom. The highest BCUT2D eigenvalue weighted by molar-refractivity contribution is 7.89. The van der Waals surface area contributed by atoms with E-state index in [0.717, 1.165) is 17.7 Å². The van der Waals surface area contributed by atoms with Gasteiger partial charge < -0.3 is 9.88 Å². The Bertz CT molecular complexity index is 1430. The summed E-state index contributed by atoms with van der Waals surface area (Å²) in [5.74, 6) is 0.653. The zero-order valence-corrected chi connectivity index (χ0v) is 18.8. The lowest BCUT2D eigenvalue weighted by Gasteiger charge is -2.35. The molecule has 1 saturated heterocycles. The third-order valence-electron chi connectivity index (χ3n) is 5.92. The quantitative estimate of drug-likeness (QED) is 0.452. The molecule has 1 aliphatic heterocycles. The van der Waals surface area contributed by atoms with Gasteiger partial charge in [0.05, 0.1) is 21.5 Å². The fraction of sp³-hybridized carbons (Fsp3) is 0.208. The van der Waals surface area contributed by atoms with E-state index in [2.05, 4.69) is 9.97 Å². The predicted octanol–water partition coefficient (Wildman–Crippen LogP) is 4.76. The second-order valence-corrected chi connectivity index (χ2v) is 10.0. The maximum Gasteiger partial charge on any atom is 0.416 e. The van der Waals surface area contributed by atoms with Gasteiger partial charge in [0, 0.05) is 37.4 Å². The van der Waals surface area contributed by atoms with Crippen LogP contribution in [0.1, 0.15) is 5.56 Å². The molecule has 1 N–H and O–H groups in total. The van der Waals surface area contributed by atoms with E-state index in [1.54, 1.807) is 23.1 Å². The number of aromatic amines is 1. The van der Waals surface area contributed by atoms with Crippen molar-refractivity contribution in [3.8, 4) is 11.4 Å². The van der Waals surface area contributed by atoms with Gasteiger partial charge in [-0.2, -0.15) is 17.5 Å². The summed E-state index contributed by atoms with van der Waals surface area (Å²) < 4.78 is 67.0. The molecule has 0 amide bonds. The van der Waals surface area contributed by atoms with Crippen LogP contribution in [0, 0.1) is 0 Å². The van der Waals surface area contributed by atoms with Crippen LogP contribution in [0.3, 0.4) is 0 Å². The third-order valence-corrected chi connectivity index (χ3v) is 7.81. The smallest absolute Gasteiger partial charge is 0.369 e. The van der Waals surface area contributed by atoms with Gasteiger partial charge in [0.2, 0.25) is 10.0 Å². The molecule has 0 aliphatic carbocycles. The lowest BCUT2D eigenvalue weighted by atomic mass is 10.1. The van der Waals surface area contributed by atoms with Crippen LogP contribution in [0.4, 0.5) is 18.9 Å². The summed E-state index contributed by atoms with van der Waals surface area (Å²) in [5, 5.41) is 0. The molecule has 10 heteroatoms. The van der Waals surface area contributed by atoms with Crippen LogP contribution in [-0.4, -0.2) is 48.9 Å². The maximum absolute atomic E-state index is 13.3. The highest BCUT2D eigenvalue weighted by Gasteiger charge is 2.32. The first kappa shape index (κ1) is 22.4. The van der Waals surface area contributed by atoms with E-state index in [-0.39, 0.29) is 18.0 Å². The van der Waals surface area contributed by atoms with Gasteiger partial charge in [-0.05, 0) is 36.4 Å². The number of alkyl halides is 3. The predicted molar refractivity (Wildman–Crippen MR) is 124 cm³/mol. The minimum absolute atomic E-state index is 0.149. The molecule has 1 aliphatic rings. The summed E-state index contributed by atoms with van der Waals surface area (Å²) in [6.45, 7) is 0.944. The number of anilines is 1. The Labute approximate surface area is 194 Å². The van der Waals surface area contributed by atoms with E-state index in [0.29, 0.717) is 35.6 Å². The Morgan fingerprint density at radius 2 is 1.59 bits per heavy atom. The maximum atomic E-state index is 13.3. The SMILES string of the molecule is O=S(=O)(c1ccc2nc(-c3ccccc3)[nH]c2c1)N1CCN(c2cccc(C(F)(F)F)c2)CC1. The standard InChI is InChI=1S/C24H21F3N4O2S/c25-24(26,27)18-7-4-8-19(15-18)30-11-13-31(14-12-30)34(32,33)20-9-10-21-22(16-20)29-23(28-21)17-5-2-1-3-6-17/h1-10,15-16H,11-14H2,(H,28,29). The topological polar surface area (TPSA) is 69.3 Å². The molecule has 3 aromatic carbocycles. The van der Waals surface area contributed by atoms with Crippen molar-refractivity contribution >= 4 is 26.7 Å². The molecular weight excluding hydrogens is 465 g/mol. The molecule has 176 valence electrons. The first-order chi connectivity index (χ1) is 16.2. The largest absolute Gasteiger partial charge is 0.416 e. The van der Waals surface area contributed by atoms with E-state index >= 15 is 0 Å². The Balaban J connectivity index is 1.34. The number of aromatic nitrogens is 2. The number of benzene rings is 3. The van der Waals surface area contributed by atoms with Gasteiger partial charge in [0.25, 0.3) is 0 Å². The summed E-state index contributed by atoms with van der Waals surface area (Å²) in [6, 6.07) is 19.4. The molecule has 0 radical (unpaired) electrons. The number of H-pyrrole nitrogens is 1. The van der Waals surface area contributed by atoms with Crippen LogP contribution in [0.2, 0.25) is 0 Å². The van der Waals surface area contributed by atoms with Crippen LogP contribution in [0.25, 0.3) is 22.4 Å². The van der Waals surface area contributed by atoms with E-state index in [9.17, 15) is 21.6 Å². The summed E-state index contributed by atoms with van der Waals surface area (Å²) >= 11 is 0. The van der Waals surface area contributed by atoms with Crippen LogP contribution in [0.5, 0.6) is 0 Å². The van der Waals surface area contributed by atoms with Gasteiger partial charge >= 0.3 is 6.18 Å². The summed E-state index contributed by atoms with van der Waals surface area (Å²) in [5.41, 5.74) is 1.88. The molecule has 0 atom stereocenters. The number of nitrogens with one attached hydrogen (secondary N) is 1. The molecule has 0 bridgehead atoms. The Morgan fingerprint density at radius 3 is 2.29 bits per heavy atom. The molecular formula is C24H21F3N4O2S. The second kappa shape index (κ2) is 8.44. The van der Waals surface area contributed by atoms with Crippen LogP contribution >= 0.6 is 0 Å². The molecule has 0 spiro atoms. The molecule has 4 aromatic rings. The van der Waals surface area contributed by atoms with Crippen molar-refractivity contribution in [2.24, 2.45) is 0 Å². The fourth-order valence-corrected chi connectivity index (χ4v) is 5.55. The van der Waals surface area contributed by atoms with Gasteiger partial charge in [0.1, 0.15) is 5.82 Å². The van der Waals surface area contributed by atoms with Gasteiger partial charge in [-0.1, -0.05) is 36.4 Å². The molecule has 5 rings (SSSR count). The third kappa shape index (κ3) is 4.26. The minimum atomic E-state index is -4.42. The molecule has 34 heavy (non-hydrogen) atoms. The lowest BCUT2D eigenvalue weighted by molar-refractivity contribution is -0.137. The zero-order valence-electron chi connectivity index (χ0n) is 18.0. The van der Waals surface area contributed by atoms with E-state index in [1.807, 2.05) is 30.3 Å². The summed E-state index contributed by atoms with van der Waals surface area (Å²) in [7, 11) is -3.77. The highest BCUT2D eigenvalue weighted by atomic mass is 32.2. The lowest BCUT2D eigenvalue weighted by Crippen LogP contribution is -2.48. The number of rotatable bonds is 4. The zero-order chi connectivity index (χ0) is 23.9. The fourth-order valence-electron chi connectivity index (χ4n) is 4.10. The molecule has 0 unspecified atom stereocenters. The molecule has 2 heterocycles. The van der Waals surface area contributed by atoms with Gasteiger partial charge in [0.15, 0.2) is 0 Å². The van der Waals surface area contributed by atoms with Crippen molar-refractivity contribution in [3.05, 3.63) is 78.4 Å². The Kier molecular flexibility index (Phi) is 5.57. The molecule has 1 aromatic heterocycles. The number of sulfonamides is 1. The normalized spacial score (nSPS) is 15.7. The average molecular weight is 487 g/mol. The van der Waals surface area contributed by atoms with Crippen molar-refractivity contribution in [1.29, 1.82) is 0 Å². The summed E-state index contributed by atoms with van der Waals surface area (Å²) in [6.07, 6.45) is -4.42. The van der Waals surface area contributed by atoms with Crippen molar-refractivity contribution in [1.82, 2.24) is 14.3 Å². The van der Waals surface area contributed by atoms with Gasteiger partial charge in [-0.25, -0.2) is 13.4 Å². The van der Waals surface area contributed by atoms with Crippen molar-refractivity contribution in [2.45, 2.75) is 11.1 Å². The number of hydrogen-bond acceptors (Lipinski definition) is 4. The van der Waals surface area contributed by atoms with Gasteiger partial charge in [-0.3, -0.25) is 0 Å².